The lowest BCUT2D eigenvalue weighted by Gasteiger charge is -2.10. The predicted octanol–water partition coefficient (Wildman–Crippen LogP) is 1.92. The first-order chi connectivity index (χ1) is 12.1. The highest BCUT2D eigenvalue weighted by Gasteiger charge is 2.15. The van der Waals surface area contributed by atoms with Gasteiger partial charge in [0.2, 0.25) is 0 Å². The summed E-state index contributed by atoms with van der Waals surface area (Å²) < 4.78 is 6.25. The quantitative estimate of drug-likeness (QED) is 0.730. The largest absolute Gasteiger partial charge is 0.465 e. The van der Waals surface area contributed by atoms with Crippen LogP contribution in [0, 0.1) is 0 Å². The van der Waals surface area contributed by atoms with Crippen LogP contribution in [-0.4, -0.2) is 39.2 Å². The van der Waals surface area contributed by atoms with Crippen LogP contribution in [0.2, 0.25) is 0 Å². The number of aryl methyl sites for hydroxylation is 1. The van der Waals surface area contributed by atoms with Gasteiger partial charge in [-0.25, -0.2) is 9.48 Å². The van der Waals surface area contributed by atoms with Gasteiger partial charge in [-0.15, -0.1) is 5.10 Å². The van der Waals surface area contributed by atoms with Crippen molar-refractivity contribution in [2.24, 2.45) is 7.05 Å². The maximum atomic E-state index is 12.6. The highest BCUT2D eigenvalue weighted by Crippen LogP contribution is 2.20. The molecule has 25 heavy (non-hydrogen) atoms. The zero-order valence-electron chi connectivity index (χ0n) is 13.6. The monoisotopic (exact) mass is 337 g/mol. The highest BCUT2D eigenvalue weighted by molar-refractivity contribution is 6.08. The van der Waals surface area contributed by atoms with Gasteiger partial charge >= 0.3 is 5.97 Å². The number of esters is 1. The number of anilines is 1. The first kappa shape index (κ1) is 16.3. The summed E-state index contributed by atoms with van der Waals surface area (Å²) in [7, 11) is 3.01. The Morgan fingerprint density at radius 3 is 2.64 bits per heavy atom. The molecule has 1 aromatic heterocycles. The van der Waals surface area contributed by atoms with Gasteiger partial charge in [-0.1, -0.05) is 24.3 Å². The standard InChI is InChI=1S/C17H15N5O3/c1-22-15(19-20-21-22)11-6-5-7-12(10-11)16(23)18-14-9-4-3-8-13(14)17(24)25-2/h3-10H,1-2H3,(H,18,23). The van der Waals surface area contributed by atoms with Crippen molar-refractivity contribution in [1.82, 2.24) is 20.2 Å². The van der Waals surface area contributed by atoms with Crippen LogP contribution in [0.15, 0.2) is 48.5 Å². The molecular formula is C17H15N5O3. The Morgan fingerprint density at radius 2 is 1.92 bits per heavy atom. The molecule has 0 radical (unpaired) electrons. The first-order valence-corrected chi connectivity index (χ1v) is 7.41. The molecule has 3 rings (SSSR count). The molecule has 0 fully saturated rings. The molecule has 1 N–H and O–H groups in total. The smallest absolute Gasteiger partial charge is 0.339 e. The van der Waals surface area contributed by atoms with Crippen LogP contribution in [0.1, 0.15) is 20.7 Å². The molecular weight excluding hydrogens is 322 g/mol. The number of tetrazole rings is 1. The molecule has 2 aromatic carbocycles. The van der Waals surface area contributed by atoms with E-state index in [0.717, 1.165) is 0 Å². The Morgan fingerprint density at radius 1 is 1.12 bits per heavy atom. The van der Waals surface area contributed by atoms with Crippen LogP contribution in [0.4, 0.5) is 5.69 Å². The van der Waals surface area contributed by atoms with Crippen molar-refractivity contribution >= 4 is 17.6 Å². The number of carbonyl (C=O) groups excluding carboxylic acids is 2. The van der Waals surface area contributed by atoms with E-state index in [-0.39, 0.29) is 11.5 Å². The predicted molar refractivity (Wildman–Crippen MR) is 90.0 cm³/mol. The molecule has 0 aliphatic heterocycles. The third-order valence-electron chi connectivity index (χ3n) is 3.58. The second-order valence-electron chi connectivity index (χ2n) is 5.20. The molecule has 1 heterocycles. The molecule has 1 amide bonds. The van der Waals surface area contributed by atoms with Gasteiger partial charge in [0.15, 0.2) is 5.82 Å². The number of aromatic nitrogens is 4. The van der Waals surface area contributed by atoms with E-state index in [1.165, 1.54) is 11.8 Å². The molecule has 3 aromatic rings. The summed E-state index contributed by atoms with van der Waals surface area (Å²) in [5.41, 5.74) is 1.79. The molecule has 0 aliphatic carbocycles. The average molecular weight is 337 g/mol. The number of carbonyl (C=O) groups is 2. The number of amides is 1. The summed E-state index contributed by atoms with van der Waals surface area (Å²) in [4.78, 5) is 24.4. The SMILES string of the molecule is COC(=O)c1ccccc1NC(=O)c1cccc(-c2nnnn2C)c1. The lowest BCUT2D eigenvalue weighted by molar-refractivity contribution is 0.0602. The summed E-state index contributed by atoms with van der Waals surface area (Å²) >= 11 is 0. The topological polar surface area (TPSA) is 99.0 Å². The van der Waals surface area contributed by atoms with Crippen LogP contribution in [0.3, 0.4) is 0 Å². The molecule has 0 aliphatic rings. The molecule has 0 atom stereocenters. The van der Waals surface area contributed by atoms with E-state index in [0.29, 0.717) is 22.6 Å². The van der Waals surface area contributed by atoms with Crippen molar-refractivity contribution in [3.05, 3.63) is 59.7 Å². The van der Waals surface area contributed by atoms with Crippen molar-refractivity contribution in [2.75, 3.05) is 12.4 Å². The summed E-state index contributed by atoms with van der Waals surface area (Å²) in [6, 6.07) is 13.6. The minimum Gasteiger partial charge on any atom is -0.465 e. The number of hydrogen-bond donors (Lipinski definition) is 1. The fraction of sp³-hybridized carbons (Fsp3) is 0.118. The fourth-order valence-corrected chi connectivity index (χ4v) is 2.35. The van der Waals surface area contributed by atoms with Gasteiger partial charge in [-0.3, -0.25) is 4.79 Å². The van der Waals surface area contributed by atoms with Gasteiger partial charge in [0.1, 0.15) is 0 Å². The van der Waals surface area contributed by atoms with Crippen molar-refractivity contribution < 1.29 is 14.3 Å². The summed E-state index contributed by atoms with van der Waals surface area (Å²) in [6.45, 7) is 0. The molecule has 0 bridgehead atoms. The fourth-order valence-electron chi connectivity index (χ4n) is 2.35. The van der Waals surface area contributed by atoms with Crippen molar-refractivity contribution in [1.29, 1.82) is 0 Å². The molecule has 0 saturated heterocycles. The minimum atomic E-state index is -0.519. The van der Waals surface area contributed by atoms with Crippen molar-refractivity contribution in [3.63, 3.8) is 0 Å². The zero-order valence-corrected chi connectivity index (χ0v) is 13.6. The van der Waals surface area contributed by atoms with E-state index in [9.17, 15) is 9.59 Å². The van der Waals surface area contributed by atoms with Gasteiger partial charge in [0, 0.05) is 18.2 Å². The lowest BCUT2D eigenvalue weighted by Crippen LogP contribution is -2.15. The maximum absolute atomic E-state index is 12.6. The van der Waals surface area contributed by atoms with Crippen molar-refractivity contribution in [2.45, 2.75) is 0 Å². The van der Waals surface area contributed by atoms with Gasteiger partial charge in [-0.2, -0.15) is 0 Å². The van der Waals surface area contributed by atoms with Crippen LogP contribution in [0.5, 0.6) is 0 Å². The van der Waals surface area contributed by atoms with E-state index in [1.807, 2.05) is 6.07 Å². The number of benzene rings is 2. The van der Waals surface area contributed by atoms with Gasteiger partial charge in [0.05, 0.1) is 18.4 Å². The van der Waals surface area contributed by atoms with E-state index < -0.39 is 5.97 Å². The Hall–Kier alpha value is -3.55. The maximum Gasteiger partial charge on any atom is 0.339 e. The Bertz CT molecular complexity index is 935. The van der Waals surface area contributed by atoms with E-state index >= 15 is 0 Å². The molecule has 8 heteroatoms. The van der Waals surface area contributed by atoms with E-state index in [2.05, 4.69) is 20.8 Å². The van der Waals surface area contributed by atoms with Crippen molar-refractivity contribution in [3.8, 4) is 11.4 Å². The van der Waals surface area contributed by atoms with E-state index in [1.54, 1.807) is 49.5 Å². The Labute approximate surface area is 143 Å². The number of hydrogen-bond acceptors (Lipinski definition) is 6. The summed E-state index contributed by atoms with van der Waals surface area (Å²) in [5.74, 6) is -0.326. The third kappa shape index (κ3) is 3.37. The zero-order chi connectivity index (χ0) is 17.8. The number of nitrogens with one attached hydrogen (secondary N) is 1. The average Bonchev–Trinajstić information content (AvgIpc) is 3.07. The number of nitrogens with zero attached hydrogens (tertiary/aromatic N) is 4. The van der Waals surface area contributed by atoms with Gasteiger partial charge in [-0.05, 0) is 34.7 Å². The van der Waals surface area contributed by atoms with Crippen LogP contribution in [-0.2, 0) is 11.8 Å². The second-order valence-corrected chi connectivity index (χ2v) is 5.20. The molecule has 8 nitrogen and oxygen atoms in total. The Balaban J connectivity index is 1.88. The molecule has 0 spiro atoms. The van der Waals surface area contributed by atoms with Gasteiger partial charge in [0.25, 0.3) is 5.91 Å². The summed E-state index contributed by atoms with van der Waals surface area (Å²) in [6.07, 6.45) is 0. The lowest BCUT2D eigenvalue weighted by atomic mass is 10.1. The Kier molecular flexibility index (Phi) is 4.51. The number of methoxy groups -OCH3 is 1. The van der Waals surface area contributed by atoms with Crippen LogP contribution >= 0.6 is 0 Å². The third-order valence-corrected chi connectivity index (χ3v) is 3.58. The molecule has 126 valence electrons. The van der Waals surface area contributed by atoms with E-state index in [4.69, 9.17) is 4.74 Å². The molecule has 0 saturated carbocycles. The number of rotatable bonds is 4. The first-order valence-electron chi connectivity index (χ1n) is 7.41. The molecule has 0 unspecified atom stereocenters. The summed E-state index contributed by atoms with van der Waals surface area (Å²) in [5, 5.41) is 14.0. The minimum absolute atomic E-state index is 0.284. The number of para-hydroxylation sites is 1. The van der Waals surface area contributed by atoms with Gasteiger partial charge < -0.3 is 10.1 Å². The second kappa shape index (κ2) is 6.91. The normalized spacial score (nSPS) is 10.3. The highest BCUT2D eigenvalue weighted by atomic mass is 16.5. The number of ether oxygens (including phenoxy) is 1. The van der Waals surface area contributed by atoms with Crippen LogP contribution < -0.4 is 5.32 Å². The van der Waals surface area contributed by atoms with Crippen LogP contribution in [0.25, 0.3) is 11.4 Å².